The zero-order valence-electron chi connectivity index (χ0n) is 12.7. The predicted octanol–water partition coefficient (Wildman–Crippen LogP) is 5.35. The van der Waals surface area contributed by atoms with Crippen LogP contribution in [0.25, 0.3) is 21.8 Å². The van der Waals surface area contributed by atoms with Gasteiger partial charge in [-0.1, -0.05) is 0 Å². The van der Waals surface area contributed by atoms with Crippen LogP contribution in [0, 0.1) is 0 Å². The molecule has 0 saturated heterocycles. The van der Waals surface area contributed by atoms with Crippen molar-refractivity contribution in [3.63, 3.8) is 0 Å². The number of hydrogen-bond donors (Lipinski definition) is 0. The number of pyridine rings is 1. The quantitative estimate of drug-likeness (QED) is 0.626. The lowest BCUT2D eigenvalue weighted by atomic mass is 10.1. The molecule has 1 aliphatic rings. The van der Waals surface area contributed by atoms with E-state index >= 15 is 0 Å². The summed E-state index contributed by atoms with van der Waals surface area (Å²) >= 11 is 1.57. The SMILES string of the molecule is FC(F)Oc1ccc(-c2csc(-c3cnccc3C3CC3)n2)cc1. The zero-order chi connectivity index (χ0) is 16.5. The highest BCUT2D eigenvalue weighted by molar-refractivity contribution is 7.13. The molecule has 3 nitrogen and oxygen atoms in total. The first-order valence-corrected chi connectivity index (χ1v) is 8.54. The molecular formula is C18H14F2N2OS. The van der Waals surface area contributed by atoms with Crippen molar-refractivity contribution in [1.29, 1.82) is 0 Å². The van der Waals surface area contributed by atoms with Gasteiger partial charge in [-0.2, -0.15) is 8.78 Å². The molecule has 0 spiro atoms. The monoisotopic (exact) mass is 344 g/mol. The summed E-state index contributed by atoms with van der Waals surface area (Å²) in [6.07, 6.45) is 6.14. The van der Waals surface area contributed by atoms with Gasteiger partial charge in [-0.3, -0.25) is 4.98 Å². The number of alkyl halides is 2. The third-order valence-electron chi connectivity index (χ3n) is 3.98. The molecule has 6 heteroatoms. The highest BCUT2D eigenvalue weighted by atomic mass is 32.1. The summed E-state index contributed by atoms with van der Waals surface area (Å²) in [7, 11) is 0. The Morgan fingerprint density at radius 3 is 2.62 bits per heavy atom. The van der Waals surface area contributed by atoms with Crippen LogP contribution in [0.15, 0.2) is 48.1 Å². The lowest BCUT2D eigenvalue weighted by molar-refractivity contribution is -0.0498. The molecule has 4 rings (SSSR count). The molecule has 0 N–H and O–H groups in total. The van der Waals surface area contributed by atoms with Gasteiger partial charge in [-0.05, 0) is 54.7 Å². The Morgan fingerprint density at radius 2 is 1.92 bits per heavy atom. The van der Waals surface area contributed by atoms with Gasteiger partial charge >= 0.3 is 6.61 Å². The van der Waals surface area contributed by atoms with Gasteiger partial charge in [0.15, 0.2) is 0 Å². The smallest absolute Gasteiger partial charge is 0.387 e. The Hall–Kier alpha value is -2.34. The summed E-state index contributed by atoms with van der Waals surface area (Å²) < 4.78 is 28.8. The molecule has 0 atom stereocenters. The Morgan fingerprint density at radius 1 is 1.12 bits per heavy atom. The van der Waals surface area contributed by atoms with Gasteiger partial charge in [-0.25, -0.2) is 4.98 Å². The van der Waals surface area contributed by atoms with Gasteiger partial charge in [0.2, 0.25) is 0 Å². The Labute approximate surface area is 142 Å². The van der Waals surface area contributed by atoms with Crippen molar-refractivity contribution < 1.29 is 13.5 Å². The standard InChI is InChI=1S/C18H14F2N2OS/c19-18(20)23-13-5-3-12(4-6-13)16-10-24-17(22-16)15-9-21-8-7-14(15)11-1-2-11/h3-11,18H,1-2H2. The van der Waals surface area contributed by atoms with E-state index in [1.165, 1.54) is 30.5 Å². The third kappa shape index (κ3) is 3.14. The van der Waals surface area contributed by atoms with Gasteiger partial charge in [0.25, 0.3) is 0 Å². The Kier molecular flexibility index (Phi) is 3.98. The van der Waals surface area contributed by atoms with E-state index < -0.39 is 6.61 Å². The van der Waals surface area contributed by atoms with E-state index in [4.69, 9.17) is 4.98 Å². The molecule has 122 valence electrons. The molecule has 0 radical (unpaired) electrons. The van der Waals surface area contributed by atoms with Crippen molar-refractivity contribution in [2.75, 3.05) is 0 Å². The van der Waals surface area contributed by atoms with Crippen LogP contribution < -0.4 is 4.74 Å². The highest BCUT2D eigenvalue weighted by Crippen LogP contribution is 2.44. The van der Waals surface area contributed by atoms with E-state index in [9.17, 15) is 8.78 Å². The summed E-state index contributed by atoms with van der Waals surface area (Å²) in [6, 6.07) is 8.61. The number of nitrogens with zero attached hydrogens (tertiary/aromatic N) is 2. The van der Waals surface area contributed by atoms with Crippen molar-refractivity contribution in [2.24, 2.45) is 0 Å². The average Bonchev–Trinajstić information content (AvgIpc) is 3.32. The van der Waals surface area contributed by atoms with E-state index in [-0.39, 0.29) is 5.75 Å². The molecular weight excluding hydrogens is 330 g/mol. The summed E-state index contributed by atoms with van der Waals surface area (Å²) in [5, 5.41) is 2.91. The van der Waals surface area contributed by atoms with E-state index in [2.05, 4.69) is 15.8 Å². The predicted molar refractivity (Wildman–Crippen MR) is 89.4 cm³/mol. The largest absolute Gasteiger partial charge is 0.435 e. The van der Waals surface area contributed by atoms with E-state index in [1.54, 1.807) is 23.5 Å². The van der Waals surface area contributed by atoms with Crippen LogP contribution in [0.3, 0.4) is 0 Å². The minimum Gasteiger partial charge on any atom is -0.435 e. The van der Waals surface area contributed by atoms with Crippen molar-refractivity contribution in [1.82, 2.24) is 9.97 Å². The number of rotatable bonds is 5. The fourth-order valence-electron chi connectivity index (χ4n) is 2.67. The highest BCUT2D eigenvalue weighted by Gasteiger charge is 2.27. The van der Waals surface area contributed by atoms with Crippen LogP contribution in [0.4, 0.5) is 8.78 Å². The molecule has 0 aliphatic heterocycles. The molecule has 3 aromatic rings. The molecule has 1 aliphatic carbocycles. The lowest BCUT2D eigenvalue weighted by Crippen LogP contribution is -2.01. The summed E-state index contributed by atoms with van der Waals surface area (Å²) in [4.78, 5) is 8.93. The van der Waals surface area contributed by atoms with Gasteiger partial charge in [-0.15, -0.1) is 11.3 Å². The van der Waals surface area contributed by atoms with Crippen molar-refractivity contribution >= 4 is 11.3 Å². The van der Waals surface area contributed by atoms with Crippen molar-refractivity contribution in [3.05, 3.63) is 53.7 Å². The van der Waals surface area contributed by atoms with E-state index in [1.807, 2.05) is 17.8 Å². The molecule has 1 fully saturated rings. The second-order valence-electron chi connectivity index (χ2n) is 5.68. The first-order valence-electron chi connectivity index (χ1n) is 7.66. The zero-order valence-corrected chi connectivity index (χ0v) is 13.5. The molecule has 0 amide bonds. The number of halogens is 2. The van der Waals surface area contributed by atoms with Gasteiger partial charge in [0, 0.05) is 28.9 Å². The first-order chi connectivity index (χ1) is 11.7. The number of ether oxygens (including phenoxy) is 1. The third-order valence-corrected chi connectivity index (χ3v) is 4.86. The fraction of sp³-hybridized carbons (Fsp3) is 0.222. The lowest BCUT2D eigenvalue weighted by Gasteiger charge is -2.05. The summed E-state index contributed by atoms with van der Waals surface area (Å²) in [6.45, 7) is -2.81. The van der Waals surface area contributed by atoms with Gasteiger partial charge < -0.3 is 4.74 Å². The van der Waals surface area contributed by atoms with E-state index in [0.29, 0.717) is 5.92 Å². The van der Waals surface area contributed by atoms with Gasteiger partial charge in [0.1, 0.15) is 10.8 Å². The minimum absolute atomic E-state index is 0.146. The number of hydrogen-bond acceptors (Lipinski definition) is 4. The second kappa shape index (κ2) is 6.28. The van der Waals surface area contributed by atoms with Crippen LogP contribution in [-0.2, 0) is 0 Å². The van der Waals surface area contributed by atoms with Crippen LogP contribution >= 0.6 is 11.3 Å². The van der Waals surface area contributed by atoms with Crippen LogP contribution in [0.5, 0.6) is 5.75 Å². The molecule has 0 unspecified atom stereocenters. The maximum absolute atomic E-state index is 12.2. The maximum Gasteiger partial charge on any atom is 0.387 e. The summed E-state index contributed by atoms with van der Waals surface area (Å²) in [5.74, 6) is 0.772. The van der Waals surface area contributed by atoms with E-state index in [0.717, 1.165) is 21.8 Å². The minimum atomic E-state index is -2.81. The Bertz CT molecular complexity index is 844. The first kappa shape index (κ1) is 15.2. The maximum atomic E-state index is 12.2. The van der Waals surface area contributed by atoms with Gasteiger partial charge in [0.05, 0.1) is 5.69 Å². The van der Waals surface area contributed by atoms with Crippen LogP contribution in [0.2, 0.25) is 0 Å². The van der Waals surface area contributed by atoms with Crippen molar-refractivity contribution in [2.45, 2.75) is 25.4 Å². The fourth-order valence-corrected chi connectivity index (χ4v) is 3.53. The molecule has 0 bridgehead atoms. The molecule has 1 aromatic carbocycles. The number of benzene rings is 1. The molecule has 2 aromatic heterocycles. The second-order valence-corrected chi connectivity index (χ2v) is 6.54. The van der Waals surface area contributed by atoms with Crippen LogP contribution in [-0.4, -0.2) is 16.6 Å². The molecule has 1 saturated carbocycles. The number of aromatic nitrogens is 2. The van der Waals surface area contributed by atoms with Crippen molar-refractivity contribution in [3.8, 4) is 27.6 Å². The topological polar surface area (TPSA) is 35.0 Å². The molecule has 24 heavy (non-hydrogen) atoms. The number of thiazole rings is 1. The Balaban J connectivity index is 1.61. The summed E-state index contributed by atoms with van der Waals surface area (Å²) in [5.41, 5.74) is 4.10. The molecule has 2 heterocycles. The van der Waals surface area contributed by atoms with Crippen LogP contribution in [0.1, 0.15) is 24.3 Å². The average molecular weight is 344 g/mol. The normalized spacial score (nSPS) is 14.1.